The van der Waals surface area contributed by atoms with Gasteiger partial charge in [0, 0.05) is 10.4 Å². The van der Waals surface area contributed by atoms with Gasteiger partial charge in [0.15, 0.2) is 6.61 Å². The molecule has 1 heterocycles. The molecular formula is C21H24N2O6S. The van der Waals surface area contributed by atoms with Crippen LogP contribution in [-0.2, 0) is 25.5 Å². The van der Waals surface area contributed by atoms with Gasteiger partial charge in [-0.25, -0.2) is 4.79 Å². The highest BCUT2D eigenvalue weighted by atomic mass is 32.1. The molecular weight excluding hydrogens is 408 g/mol. The molecule has 0 aliphatic carbocycles. The van der Waals surface area contributed by atoms with Gasteiger partial charge in [0.05, 0.1) is 12.2 Å². The van der Waals surface area contributed by atoms with Gasteiger partial charge >= 0.3 is 11.9 Å². The van der Waals surface area contributed by atoms with Crippen molar-refractivity contribution in [1.29, 1.82) is 0 Å². The Bertz CT molecular complexity index is 923. The summed E-state index contributed by atoms with van der Waals surface area (Å²) in [6.07, 6.45) is 0.703. The van der Waals surface area contributed by atoms with Gasteiger partial charge < -0.3 is 20.1 Å². The van der Waals surface area contributed by atoms with Crippen LogP contribution in [0.3, 0.4) is 0 Å². The van der Waals surface area contributed by atoms with Crippen LogP contribution in [0.15, 0.2) is 30.3 Å². The number of hydrogen-bond acceptors (Lipinski definition) is 7. The van der Waals surface area contributed by atoms with Crippen molar-refractivity contribution in [2.45, 2.75) is 27.2 Å². The summed E-state index contributed by atoms with van der Waals surface area (Å²) in [7, 11) is 0. The lowest BCUT2D eigenvalue weighted by atomic mass is 10.1. The van der Waals surface area contributed by atoms with Gasteiger partial charge in [-0.15, -0.1) is 11.3 Å². The molecule has 1 aromatic heterocycles. The Kier molecular flexibility index (Phi) is 8.54. The van der Waals surface area contributed by atoms with Gasteiger partial charge in [-0.3, -0.25) is 14.4 Å². The first-order valence-corrected chi connectivity index (χ1v) is 10.3. The SMILES string of the molecule is CCOC(=O)c1c(NC(=O)COC(=O)CNC(=O)c2ccccc2)sc(CC)c1C. The fourth-order valence-corrected chi connectivity index (χ4v) is 3.79. The molecule has 2 aromatic rings. The van der Waals surface area contributed by atoms with Crippen LogP contribution in [0.25, 0.3) is 0 Å². The lowest BCUT2D eigenvalue weighted by Gasteiger charge is -2.08. The molecule has 0 spiro atoms. The lowest BCUT2D eigenvalue weighted by molar-refractivity contribution is -0.146. The van der Waals surface area contributed by atoms with Gasteiger partial charge in [-0.2, -0.15) is 0 Å². The van der Waals surface area contributed by atoms with E-state index >= 15 is 0 Å². The Balaban J connectivity index is 1.89. The second-order valence-electron chi connectivity index (χ2n) is 6.19. The van der Waals surface area contributed by atoms with Crippen molar-refractivity contribution in [2.24, 2.45) is 0 Å². The number of thiophene rings is 1. The molecule has 0 atom stereocenters. The Hall–Kier alpha value is -3.20. The number of carbonyl (C=O) groups excluding carboxylic acids is 4. The van der Waals surface area contributed by atoms with Gasteiger partial charge in [0.2, 0.25) is 0 Å². The minimum Gasteiger partial charge on any atom is -0.462 e. The van der Waals surface area contributed by atoms with E-state index in [0.29, 0.717) is 22.5 Å². The largest absolute Gasteiger partial charge is 0.462 e. The van der Waals surface area contributed by atoms with E-state index in [2.05, 4.69) is 10.6 Å². The fraction of sp³-hybridized carbons (Fsp3) is 0.333. The van der Waals surface area contributed by atoms with Crippen molar-refractivity contribution in [3.8, 4) is 0 Å². The van der Waals surface area contributed by atoms with E-state index in [9.17, 15) is 19.2 Å². The maximum atomic E-state index is 12.2. The van der Waals surface area contributed by atoms with Crippen molar-refractivity contribution in [1.82, 2.24) is 5.32 Å². The zero-order chi connectivity index (χ0) is 22.1. The van der Waals surface area contributed by atoms with Crippen LogP contribution in [0, 0.1) is 6.92 Å². The van der Waals surface area contributed by atoms with Crippen LogP contribution >= 0.6 is 11.3 Å². The molecule has 0 aliphatic rings. The first-order valence-electron chi connectivity index (χ1n) is 9.45. The Morgan fingerprint density at radius 2 is 1.73 bits per heavy atom. The topological polar surface area (TPSA) is 111 Å². The van der Waals surface area contributed by atoms with Crippen molar-refractivity contribution < 1.29 is 28.7 Å². The normalized spacial score (nSPS) is 10.2. The number of nitrogens with one attached hydrogen (secondary N) is 2. The minimum absolute atomic E-state index is 0.218. The number of carbonyl (C=O) groups is 4. The summed E-state index contributed by atoms with van der Waals surface area (Å²) in [6, 6.07) is 8.41. The molecule has 0 radical (unpaired) electrons. The molecule has 0 fully saturated rings. The monoisotopic (exact) mass is 432 g/mol. The summed E-state index contributed by atoms with van der Waals surface area (Å²) in [5.41, 5.74) is 1.49. The molecule has 2 N–H and O–H groups in total. The van der Waals surface area contributed by atoms with Gasteiger partial charge in [-0.1, -0.05) is 25.1 Å². The van der Waals surface area contributed by atoms with Crippen LogP contribution < -0.4 is 10.6 Å². The summed E-state index contributed by atoms with van der Waals surface area (Å²) in [5.74, 6) is -2.28. The first-order chi connectivity index (χ1) is 14.4. The maximum Gasteiger partial charge on any atom is 0.341 e. The molecule has 2 amide bonds. The number of aryl methyl sites for hydroxylation is 1. The second kappa shape index (κ2) is 11.1. The Morgan fingerprint density at radius 1 is 1.03 bits per heavy atom. The van der Waals surface area contributed by atoms with Gasteiger partial charge in [-0.05, 0) is 38.0 Å². The molecule has 9 heteroatoms. The van der Waals surface area contributed by atoms with Crippen LogP contribution in [0.1, 0.15) is 45.0 Å². The predicted octanol–water partition coefficient (Wildman–Crippen LogP) is 2.71. The number of anilines is 1. The zero-order valence-electron chi connectivity index (χ0n) is 17.1. The molecule has 0 bridgehead atoms. The first kappa shape index (κ1) is 23.1. The standard InChI is InChI=1S/C21H24N2O6S/c1-4-15-13(3)18(21(27)28-5-2)20(30-15)23-16(24)12-29-17(25)11-22-19(26)14-9-7-6-8-10-14/h6-10H,4-5,11-12H2,1-3H3,(H,22,26)(H,23,24). The van der Waals surface area contributed by atoms with Crippen molar-refractivity contribution in [3.63, 3.8) is 0 Å². The van der Waals surface area contributed by atoms with E-state index in [-0.39, 0.29) is 13.2 Å². The summed E-state index contributed by atoms with van der Waals surface area (Å²) in [4.78, 5) is 49.1. The average molecular weight is 432 g/mol. The van der Waals surface area contributed by atoms with E-state index in [1.807, 2.05) is 6.92 Å². The maximum absolute atomic E-state index is 12.2. The van der Waals surface area contributed by atoms with Crippen LogP contribution in [-0.4, -0.2) is 43.5 Å². The summed E-state index contributed by atoms with van der Waals surface area (Å²) >= 11 is 1.28. The highest BCUT2D eigenvalue weighted by Gasteiger charge is 2.23. The third-order valence-corrected chi connectivity index (χ3v) is 5.44. The number of rotatable bonds is 9. The number of amides is 2. The number of benzene rings is 1. The smallest absolute Gasteiger partial charge is 0.341 e. The van der Waals surface area contributed by atoms with Crippen molar-refractivity contribution in [3.05, 3.63) is 51.9 Å². The molecule has 0 saturated carbocycles. The molecule has 1 aromatic carbocycles. The number of esters is 2. The molecule has 0 unspecified atom stereocenters. The zero-order valence-corrected chi connectivity index (χ0v) is 17.9. The van der Waals surface area contributed by atoms with Crippen molar-refractivity contribution >= 4 is 40.1 Å². The van der Waals surface area contributed by atoms with E-state index < -0.39 is 30.4 Å². The number of ether oxygens (including phenoxy) is 2. The quantitative estimate of drug-likeness (QED) is 0.590. The third kappa shape index (κ3) is 6.15. The van der Waals surface area contributed by atoms with E-state index in [4.69, 9.17) is 9.47 Å². The van der Waals surface area contributed by atoms with Gasteiger partial charge in [0.1, 0.15) is 11.5 Å². The van der Waals surface area contributed by atoms with Crippen LogP contribution in [0.4, 0.5) is 5.00 Å². The molecule has 30 heavy (non-hydrogen) atoms. The van der Waals surface area contributed by atoms with Crippen LogP contribution in [0.5, 0.6) is 0 Å². The van der Waals surface area contributed by atoms with Crippen LogP contribution in [0.2, 0.25) is 0 Å². The third-order valence-electron chi connectivity index (χ3n) is 4.09. The highest BCUT2D eigenvalue weighted by Crippen LogP contribution is 2.34. The summed E-state index contributed by atoms with van der Waals surface area (Å²) in [5, 5.41) is 5.39. The lowest BCUT2D eigenvalue weighted by Crippen LogP contribution is -2.32. The highest BCUT2D eigenvalue weighted by molar-refractivity contribution is 7.17. The Morgan fingerprint density at radius 3 is 2.37 bits per heavy atom. The molecule has 2 rings (SSSR count). The summed E-state index contributed by atoms with van der Waals surface area (Å²) < 4.78 is 9.97. The Labute approximate surface area is 178 Å². The van der Waals surface area contributed by atoms with Crippen molar-refractivity contribution in [2.75, 3.05) is 25.1 Å². The van der Waals surface area contributed by atoms with Gasteiger partial charge in [0.25, 0.3) is 11.8 Å². The second-order valence-corrected chi connectivity index (χ2v) is 7.29. The predicted molar refractivity (Wildman–Crippen MR) is 113 cm³/mol. The molecule has 160 valence electrons. The minimum atomic E-state index is -0.753. The molecule has 8 nitrogen and oxygen atoms in total. The van der Waals surface area contributed by atoms with E-state index in [0.717, 1.165) is 10.4 Å². The molecule has 0 saturated heterocycles. The van der Waals surface area contributed by atoms with E-state index in [1.165, 1.54) is 11.3 Å². The summed E-state index contributed by atoms with van der Waals surface area (Å²) in [6.45, 7) is 4.76. The van der Waals surface area contributed by atoms with E-state index in [1.54, 1.807) is 44.2 Å². The fourth-order valence-electron chi connectivity index (χ4n) is 2.64. The number of hydrogen-bond donors (Lipinski definition) is 2. The molecule has 0 aliphatic heterocycles. The average Bonchev–Trinajstić information content (AvgIpc) is 3.06.